The molecule has 166 valence electrons. The van der Waals surface area contributed by atoms with E-state index in [0.717, 1.165) is 35.4 Å². The number of carbonyl (C=O) groups is 1. The van der Waals surface area contributed by atoms with Crippen molar-refractivity contribution in [1.29, 1.82) is 0 Å². The van der Waals surface area contributed by atoms with E-state index in [9.17, 15) is 9.18 Å². The summed E-state index contributed by atoms with van der Waals surface area (Å²) in [6.45, 7) is 3.06. The Morgan fingerprint density at radius 2 is 1.58 bits per heavy atom. The second-order valence-electron chi connectivity index (χ2n) is 8.06. The number of amides is 1. The number of ether oxygens (including phenoxy) is 1. The summed E-state index contributed by atoms with van der Waals surface area (Å²) in [5.41, 5.74) is 3.42. The maximum Gasteiger partial charge on any atom is 0.253 e. The Kier molecular flexibility index (Phi) is 5.89. The van der Waals surface area contributed by atoms with Gasteiger partial charge in [0.05, 0.1) is 11.2 Å². The molecule has 1 fully saturated rings. The number of halogens is 1. The molecule has 0 radical (unpaired) electrons. The number of benzene rings is 3. The molecule has 1 aliphatic rings. The minimum Gasteiger partial charge on any atom is -0.487 e. The fraction of sp³-hybridized carbons (Fsp3) is 0.185. The topological polar surface area (TPSA) is 45.7 Å². The van der Waals surface area contributed by atoms with Gasteiger partial charge in [-0.25, -0.2) is 9.37 Å². The lowest BCUT2D eigenvalue weighted by Crippen LogP contribution is -2.48. The maximum absolute atomic E-state index is 13.1. The number of piperazine rings is 1. The Labute approximate surface area is 192 Å². The Balaban J connectivity index is 1.16. The quantitative estimate of drug-likeness (QED) is 0.441. The number of fused-ring (bicyclic) bond motifs is 1. The number of hydrogen-bond acceptors (Lipinski definition) is 4. The highest BCUT2D eigenvalue weighted by Gasteiger charge is 2.22. The zero-order chi connectivity index (χ0) is 22.6. The summed E-state index contributed by atoms with van der Waals surface area (Å²) in [4.78, 5) is 21.6. The molecule has 0 unspecified atom stereocenters. The van der Waals surface area contributed by atoms with Crippen LogP contribution in [0.3, 0.4) is 0 Å². The van der Waals surface area contributed by atoms with Crippen molar-refractivity contribution >= 4 is 22.5 Å². The van der Waals surface area contributed by atoms with Crippen molar-refractivity contribution in [3.8, 4) is 5.75 Å². The second kappa shape index (κ2) is 9.28. The van der Waals surface area contributed by atoms with E-state index in [0.29, 0.717) is 31.0 Å². The van der Waals surface area contributed by atoms with Gasteiger partial charge in [0, 0.05) is 42.8 Å². The summed E-state index contributed by atoms with van der Waals surface area (Å²) in [7, 11) is 0. The minimum absolute atomic E-state index is 0.0106. The first kappa shape index (κ1) is 20.9. The van der Waals surface area contributed by atoms with Crippen LogP contribution in [0.5, 0.6) is 5.75 Å². The van der Waals surface area contributed by atoms with Crippen molar-refractivity contribution < 1.29 is 13.9 Å². The number of rotatable bonds is 5. The molecule has 2 heterocycles. The van der Waals surface area contributed by atoms with Crippen LogP contribution in [0.1, 0.15) is 16.1 Å². The third kappa shape index (κ3) is 4.80. The van der Waals surface area contributed by atoms with Crippen LogP contribution in [0, 0.1) is 5.82 Å². The molecule has 0 N–H and O–H groups in total. The molecule has 4 aromatic rings. The Bertz CT molecular complexity index is 1250. The molecule has 1 aromatic heterocycles. The normalized spacial score (nSPS) is 13.8. The average Bonchev–Trinajstić information content (AvgIpc) is 2.88. The van der Waals surface area contributed by atoms with E-state index in [1.165, 1.54) is 12.1 Å². The highest BCUT2D eigenvalue weighted by atomic mass is 19.1. The van der Waals surface area contributed by atoms with E-state index in [4.69, 9.17) is 4.74 Å². The van der Waals surface area contributed by atoms with Crippen molar-refractivity contribution in [3.05, 3.63) is 102 Å². The summed E-state index contributed by atoms with van der Waals surface area (Å²) in [5, 5.41) is 1.10. The molecule has 6 heteroatoms. The average molecular weight is 442 g/mol. The monoisotopic (exact) mass is 441 g/mol. The lowest BCUT2D eigenvalue weighted by atomic mass is 10.1. The van der Waals surface area contributed by atoms with Crippen LogP contribution < -0.4 is 9.64 Å². The van der Waals surface area contributed by atoms with E-state index >= 15 is 0 Å². The van der Waals surface area contributed by atoms with E-state index in [1.807, 2.05) is 53.4 Å². The number of anilines is 1. The van der Waals surface area contributed by atoms with Gasteiger partial charge < -0.3 is 14.5 Å². The molecule has 33 heavy (non-hydrogen) atoms. The highest BCUT2D eigenvalue weighted by molar-refractivity contribution is 5.94. The lowest BCUT2D eigenvalue weighted by Gasteiger charge is -2.36. The molecule has 0 aliphatic carbocycles. The van der Waals surface area contributed by atoms with Gasteiger partial charge >= 0.3 is 0 Å². The molecule has 0 spiro atoms. The number of pyridine rings is 1. The molecule has 5 rings (SSSR count). The molecule has 0 bridgehead atoms. The highest BCUT2D eigenvalue weighted by Crippen LogP contribution is 2.20. The van der Waals surface area contributed by atoms with Gasteiger partial charge in [0.15, 0.2) is 0 Å². The fourth-order valence-corrected chi connectivity index (χ4v) is 4.04. The summed E-state index contributed by atoms with van der Waals surface area (Å²) < 4.78 is 19.0. The van der Waals surface area contributed by atoms with E-state index < -0.39 is 0 Å². The van der Waals surface area contributed by atoms with Crippen molar-refractivity contribution in [2.24, 2.45) is 0 Å². The molecule has 1 amide bonds. The van der Waals surface area contributed by atoms with Crippen molar-refractivity contribution in [2.75, 3.05) is 31.1 Å². The number of hydrogen-bond donors (Lipinski definition) is 0. The van der Waals surface area contributed by atoms with Crippen LogP contribution in [0.2, 0.25) is 0 Å². The third-order valence-electron chi connectivity index (χ3n) is 5.90. The van der Waals surface area contributed by atoms with Gasteiger partial charge in [-0.15, -0.1) is 0 Å². The predicted molar refractivity (Wildman–Crippen MR) is 127 cm³/mol. The Morgan fingerprint density at radius 1 is 0.848 bits per heavy atom. The van der Waals surface area contributed by atoms with E-state index in [-0.39, 0.29) is 11.7 Å². The van der Waals surface area contributed by atoms with Crippen molar-refractivity contribution in [2.45, 2.75) is 6.61 Å². The fourth-order valence-electron chi connectivity index (χ4n) is 4.04. The summed E-state index contributed by atoms with van der Waals surface area (Å²) in [5.74, 6) is 0.465. The van der Waals surface area contributed by atoms with Crippen LogP contribution in [0.25, 0.3) is 10.9 Å². The maximum atomic E-state index is 13.1. The molecular weight excluding hydrogens is 417 g/mol. The van der Waals surface area contributed by atoms with Gasteiger partial charge in [-0.2, -0.15) is 0 Å². The SMILES string of the molecule is O=C(c1ccc(OCc2ccc3ccccc3n2)cc1)N1CCN(c2ccc(F)cc2)CC1. The number of aromatic nitrogens is 1. The Hall–Kier alpha value is -3.93. The summed E-state index contributed by atoms with van der Waals surface area (Å²) in [6.07, 6.45) is 0. The standard InChI is InChI=1S/C27H24FN3O2/c28-22-8-11-24(12-9-22)30-15-17-31(18-16-30)27(32)21-6-13-25(14-7-21)33-19-23-10-5-20-3-1-2-4-26(20)29-23/h1-14H,15-19H2. The van der Waals surface area contributed by atoms with Crippen molar-refractivity contribution in [3.63, 3.8) is 0 Å². The van der Waals surface area contributed by atoms with Crippen molar-refractivity contribution in [1.82, 2.24) is 9.88 Å². The predicted octanol–water partition coefficient (Wildman–Crippen LogP) is 4.92. The zero-order valence-electron chi connectivity index (χ0n) is 18.2. The van der Waals surface area contributed by atoms with Gasteiger partial charge in [0.25, 0.3) is 5.91 Å². The molecular formula is C27H24FN3O2. The zero-order valence-corrected chi connectivity index (χ0v) is 18.2. The second-order valence-corrected chi connectivity index (χ2v) is 8.06. The third-order valence-corrected chi connectivity index (χ3v) is 5.90. The number of nitrogens with zero attached hydrogens (tertiary/aromatic N) is 3. The first-order valence-electron chi connectivity index (χ1n) is 11.0. The van der Waals surface area contributed by atoms with E-state index in [2.05, 4.69) is 9.88 Å². The van der Waals surface area contributed by atoms with Crippen LogP contribution in [-0.4, -0.2) is 42.0 Å². The van der Waals surface area contributed by atoms with Gasteiger partial charge in [-0.1, -0.05) is 24.3 Å². The van der Waals surface area contributed by atoms with Crippen LogP contribution in [0.15, 0.2) is 84.9 Å². The molecule has 5 nitrogen and oxygen atoms in total. The van der Waals surface area contributed by atoms with Crippen LogP contribution >= 0.6 is 0 Å². The van der Waals surface area contributed by atoms with Gasteiger partial charge in [0.1, 0.15) is 18.2 Å². The molecule has 0 atom stereocenters. The molecule has 0 saturated carbocycles. The molecule has 1 saturated heterocycles. The largest absolute Gasteiger partial charge is 0.487 e. The number of carbonyl (C=O) groups excluding carboxylic acids is 1. The first-order chi connectivity index (χ1) is 16.2. The number of para-hydroxylation sites is 1. The minimum atomic E-state index is -0.242. The van der Waals surface area contributed by atoms with Gasteiger partial charge in [-0.3, -0.25) is 4.79 Å². The van der Waals surface area contributed by atoms with E-state index in [1.54, 1.807) is 24.3 Å². The molecule has 3 aromatic carbocycles. The van der Waals surface area contributed by atoms with Gasteiger partial charge in [-0.05, 0) is 60.7 Å². The first-order valence-corrected chi connectivity index (χ1v) is 11.0. The summed E-state index contributed by atoms with van der Waals surface area (Å²) >= 11 is 0. The lowest BCUT2D eigenvalue weighted by molar-refractivity contribution is 0.0746. The smallest absolute Gasteiger partial charge is 0.253 e. The Morgan fingerprint density at radius 3 is 2.33 bits per heavy atom. The molecule has 1 aliphatic heterocycles. The van der Waals surface area contributed by atoms with Crippen LogP contribution in [0.4, 0.5) is 10.1 Å². The summed E-state index contributed by atoms with van der Waals surface area (Å²) in [6, 6.07) is 25.7. The van der Waals surface area contributed by atoms with Crippen LogP contribution in [-0.2, 0) is 6.61 Å². The van der Waals surface area contributed by atoms with Gasteiger partial charge in [0.2, 0.25) is 0 Å².